The zero-order valence-electron chi connectivity index (χ0n) is 19.1. The fourth-order valence-electron chi connectivity index (χ4n) is 3.42. The number of ether oxygens (including phenoxy) is 1. The van der Waals surface area contributed by atoms with Crippen molar-refractivity contribution in [2.75, 3.05) is 13.2 Å². The molecule has 0 saturated carbocycles. The molecule has 160 valence electrons. The van der Waals surface area contributed by atoms with Crippen LogP contribution in [0.25, 0.3) is 0 Å². The van der Waals surface area contributed by atoms with Crippen molar-refractivity contribution in [3.05, 3.63) is 0 Å². The van der Waals surface area contributed by atoms with Gasteiger partial charge in [0.15, 0.2) is 8.32 Å². The molecule has 1 fully saturated rings. The van der Waals surface area contributed by atoms with Crippen molar-refractivity contribution in [3.63, 3.8) is 0 Å². The lowest BCUT2D eigenvalue weighted by Gasteiger charge is -2.38. The third-order valence-electron chi connectivity index (χ3n) is 5.99. The zero-order valence-corrected chi connectivity index (χ0v) is 20.1. The lowest BCUT2D eigenvalue weighted by Crippen LogP contribution is -2.51. The van der Waals surface area contributed by atoms with E-state index >= 15 is 0 Å². The van der Waals surface area contributed by atoms with E-state index in [0.717, 1.165) is 25.7 Å². The maximum absolute atomic E-state index is 12.9. The van der Waals surface area contributed by atoms with Crippen molar-refractivity contribution in [1.29, 1.82) is 0 Å². The van der Waals surface area contributed by atoms with Crippen LogP contribution in [-0.4, -0.2) is 54.8 Å². The van der Waals surface area contributed by atoms with Crippen LogP contribution < -0.4 is 0 Å². The van der Waals surface area contributed by atoms with Gasteiger partial charge in [0.05, 0.1) is 18.2 Å². The van der Waals surface area contributed by atoms with E-state index in [9.17, 15) is 9.90 Å². The highest BCUT2D eigenvalue weighted by Gasteiger charge is 2.51. The van der Waals surface area contributed by atoms with Crippen LogP contribution in [0.1, 0.15) is 80.6 Å². The van der Waals surface area contributed by atoms with Crippen molar-refractivity contribution in [2.24, 2.45) is 0 Å². The molecule has 1 rings (SSSR count). The van der Waals surface area contributed by atoms with Crippen LogP contribution in [0.4, 0.5) is 4.79 Å². The summed E-state index contributed by atoms with van der Waals surface area (Å²) < 4.78 is 12.3. The molecule has 0 bridgehead atoms. The summed E-state index contributed by atoms with van der Waals surface area (Å²) in [5, 5.41) is 10.4. The molecule has 0 radical (unpaired) electrons. The molecule has 0 aromatic carbocycles. The molecule has 2 atom stereocenters. The Labute approximate surface area is 167 Å². The van der Waals surface area contributed by atoms with E-state index in [1.165, 1.54) is 0 Å². The summed E-state index contributed by atoms with van der Waals surface area (Å²) in [6.07, 6.45) is 4.27. The average Bonchev–Trinajstić information content (AvgIpc) is 2.83. The third kappa shape index (κ3) is 6.46. The summed E-state index contributed by atoms with van der Waals surface area (Å²) in [6, 6.07) is 0. The van der Waals surface area contributed by atoms with E-state index in [1.54, 1.807) is 4.90 Å². The number of aliphatic hydroxyl groups is 1. The maximum Gasteiger partial charge on any atom is 0.410 e. The van der Waals surface area contributed by atoms with Crippen LogP contribution in [0.15, 0.2) is 0 Å². The summed E-state index contributed by atoms with van der Waals surface area (Å²) in [6.45, 7) is 19.4. The van der Waals surface area contributed by atoms with Gasteiger partial charge in [0.1, 0.15) is 5.60 Å². The zero-order chi connectivity index (χ0) is 21.1. The Bertz CT molecular complexity index is 495. The van der Waals surface area contributed by atoms with Gasteiger partial charge in [0.25, 0.3) is 0 Å². The molecule has 0 unspecified atom stereocenters. The first kappa shape index (κ1) is 24.4. The lowest BCUT2D eigenvalue weighted by atomic mass is 9.90. The van der Waals surface area contributed by atoms with Crippen LogP contribution >= 0.6 is 0 Å². The standard InChI is InChI=1S/C21H43NO4Si/c1-10-11-12-13-21(16-23)14-17(26-27(8,9)20(5,6)7)15-22(21)18(24)25-19(2,3)4/h17,23H,10-16H2,1-9H3/t17-,21+/m1/s1. The number of carbonyl (C=O) groups excluding carboxylic acids is 1. The largest absolute Gasteiger partial charge is 0.444 e. The molecule has 0 aliphatic carbocycles. The highest BCUT2D eigenvalue weighted by atomic mass is 28.4. The molecule has 1 amide bonds. The summed E-state index contributed by atoms with van der Waals surface area (Å²) in [7, 11) is -1.95. The predicted octanol–water partition coefficient (Wildman–Crippen LogP) is 5.33. The first-order chi connectivity index (χ1) is 12.2. The van der Waals surface area contributed by atoms with E-state index in [1.807, 2.05) is 20.8 Å². The number of hydrogen-bond acceptors (Lipinski definition) is 4. The number of amides is 1. The van der Waals surface area contributed by atoms with Gasteiger partial charge in [-0.1, -0.05) is 47.0 Å². The summed E-state index contributed by atoms with van der Waals surface area (Å²) >= 11 is 0. The van der Waals surface area contributed by atoms with E-state index in [4.69, 9.17) is 9.16 Å². The fraction of sp³-hybridized carbons (Fsp3) is 0.952. The highest BCUT2D eigenvalue weighted by Crippen LogP contribution is 2.42. The molecule has 1 heterocycles. The Morgan fingerprint density at radius 2 is 1.78 bits per heavy atom. The number of rotatable bonds is 7. The molecule has 0 aromatic rings. The molecule has 1 N–H and O–H groups in total. The van der Waals surface area contributed by atoms with Gasteiger partial charge >= 0.3 is 6.09 Å². The fourth-order valence-corrected chi connectivity index (χ4v) is 4.77. The van der Waals surface area contributed by atoms with Crippen molar-refractivity contribution in [2.45, 2.75) is 116 Å². The van der Waals surface area contributed by atoms with Crippen molar-refractivity contribution in [3.8, 4) is 0 Å². The van der Waals surface area contributed by atoms with Crippen molar-refractivity contribution >= 4 is 14.4 Å². The number of aliphatic hydroxyl groups excluding tert-OH is 1. The molecule has 1 aliphatic rings. The van der Waals surface area contributed by atoms with Gasteiger partial charge in [-0.3, -0.25) is 4.90 Å². The van der Waals surface area contributed by atoms with Gasteiger partial charge in [0, 0.05) is 6.54 Å². The SMILES string of the molecule is CCCCC[C@@]1(CO)C[C@@H](O[Si](C)(C)C(C)(C)C)CN1C(=O)OC(C)(C)C. The molecule has 1 saturated heterocycles. The third-order valence-corrected chi connectivity index (χ3v) is 10.5. The van der Waals surface area contributed by atoms with Crippen molar-refractivity contribution in [1.82, 2.24) is 4.90 Å². The van der Waals surface area contributed by atoms with Crippen LogP contribution in [0, 0.1) is 0 Å². The normalized spacial score (nSPS) is 24.4. The van der Waals surface area contributed by atoms with E-state index in [2.05, 4.69) is 40.8 Å². The van der Waals surface area contributed by atoms with Crippen LogP contribution in [0.2, 0.25) is 18.1 Å². The average molecular weight is 402 g/mol. The predicted molar refractivity (Wildman–Crippen MR) is 114 cm³/mol. The van der Waals surface area contributed by atoms with Crippen LogP contribution in [0.5, 0.6) is 0 Å². The highest BCUT2D eigenvalue weighted by molar-refractivity contribution is 6.74. The van der Waals surface area contributed by atoms with Gasteiger partial charge in [-0.05, 0) is 51.7 Å². The van der Waals surface area contributed by atoms with Gasteiger partial charge in [-0.25, -0.2) is 4.79 Å². The Balaban J connectivity index is 3.06. The topological polar surface area (TPSA) is 59.0 Å². The monoisotopic (exact) mass is 401 g/mol. The van der Waals surface area contributed by atoms with Crippen LogP contribution in [0.3, 0.4) is 0 Å². The minimum Gasteiger partial charge on any atom is -0.444 e. The molecule has 0 spiro atoms. The minimum atomic E-state index is -1.95. The van der Waals surface area contributed by atoms with Gasteiger partial charge in [0.2, 0.25) is 0 Å². The minimum absolute atomic E-state index is 0.0483. The Morgan fingerprint density at radius 1 is 1.19 bits per heavy atom. The second-order valence-electron chi connectivity index (χ2n) is 10.6. The van der Waals surface area contributed by atoms with Crippen molar-refractivity contribution < 1.29 is 19.1 Å². The van der Waals surface area contributed by atoms with Crippen LogP contribution in [-0.2, 0) is 9.16 Å². The number of unbranched alkanes of at least 4 members (excludes halogenated alkanes) is 2. The second kappa shape index (κ2) is 8.83. The second-order valence-corrected chi connectivity index (χ2v) is 15.4. The van der Waals surface area contributed by atoms with E-state index in [0.29, 0.717) is 13.0 Å². The number of hydrogen-bond donors (Lipinski definition) is 1. The number of nitrogens with zero attached hydrogens (tertiary/aromatic N) is 1. The summed E-state index contributed by atoms with van der Waals surface area (Å²) in [4.78, 5) is 14.7. The maximum atomic E-state index is 12.9. The first-order valence-corrected chi connectivity index (χ1v) is 13.4. The molecule has 1 aliphatic heterocycles. The smallest absolute Gasteiger partial charge is 0.410 e. The number of carbonyl (C=O) groups is 1. The van der Waals surface area contributed by atoms with Gasteiger partial charge < -0.3 is 14.3 Å². The van der Waals surface area contributed by atoms with Gasteiger partial charge in [-0.2, -0.15) is 0 Å². The molecule has 5 nitrogen and oxygen atoms in total. The molecular formula is C21H43NO4Si. The summed E-state index contributed by atoms with van der Waals surface area (Å²) in [5.74, 6) is 0. The molecule has 27 heavy (non-hydrogen) atoms. The Hall–Kier alpha value is -0.593. The Kier molecular flexibility index (Phi) is 7.99. The molecule has 6 heteroatoms. The lowest BCUT2D eigenvalue weighted by molar-refractivity contribution is -0.00761. The summed E-state index contributed by atoms with van der Waals surface area (Å²) in [5.41, 5.74) is -1.13. The number of likely N-dealkylation sites (tertiary alicyclic amines) is 1. The Morgan fingerprint density at radius 3 is 2.22 bits per heavy atom. The molecular weight excluding hydrogens is 358 g/mol. The van der Waals surface area contributed by atoms with E-state index in [-0.39, 0.29) is 23.8 Å². The molecule has 0 aromatic heterocycles. The quantitative estimate of drug-likeness (QED) is 0.463. The van der Waals surface area contributed by atoms with Gasteiger partial charge in [-0.15, -0.1) is 0 Å². The first-order valence-electron chi connectivity index (χ1n) is 10.5. The van der Waals surface area contributed by atoms with E-state index < -0.39 is 19.5 Å².